The fourth-order valence-corrected chi connectivity index (χ4v) is 2.93. The van der Waals surface area contributed by atoms with Crippen LogP contribution in [0.1, 0.15) is 58.9 Å². The zero-order valence-corrected chi connectivity index (χ0v) is 16.4. The standard InChI is InChI=1S/C22H31NO2/c1-16-9-7-8-10-19(16)15-23(6)20-13-11-18(12-14-20)17(2)21(24)25-22(3,4)5/h9-14,17H,7-8,15H2,1-6H3. The molecule has 0 amide bonds. The number of allylic oxidation sites excluding steroid dienone is 2. The normalized spacial score (nSPS) is 15.9. The average Bonchev–Trinajstić information content (AvgIpc) is 2.55. The Balaban J connectivity index is 2.02. The summed E-state index contributed by atoms with van der Waals surface area (Å²) in [4.78, 5) is 14.5. The maximum atomic E-state index is 12.2. The van der Waals surface area contributed by atoms with E-state index in [0.29, 0.717) is 0 Å². The van der Waals surface area contributed by atoms with Gasteiger partial charge in [-0.2, -0.15) is 0 Å². The molecular formula is C22H31NO2. The lowest BCUT2D eigenvalue weighted by Crippen LogP contribution is -2.26. The van der Waals surface area contributed by atoms with E-state index >= 15 is 0 Å². The van der Waals surface area contributed by atoms with Gasteiger partial charge in [-0.25, -0.2) is 0 Å². The van der Waals surface area contributed by atoms with Crippen LogP contribution in [0.15, 0.2) is 47.6 Å². The molecule has 0 saturated carbocycles. The van der Waals surface area contributed by atoms with Crippen molar-refractivity contribution in [3.63, 3.8) is 0 Å². The molecule has 0 saturated heterocycles. The van der Waals surface area contributed by atoms with Crippen LogP contribution in [-0.2, 0) is 9.53 Å². The van der Waals surface area contributed by atoms with Crippen LogP contribution in [0.5, 0.6) is 0 Å². The number of benzene rings is 1. The van der Waals surface area contributed by atoms with E-state index < -0.39 is 5.60 Å². The van der Waals surface area contributed by atoms with Gasteiger partial charge in [-0.05, 0) is 70.7 Å². The van der Waals surface area contributed by atoms with Gasteiger partial charge in [-0.15, -0.1) is 0 Å². The van der Waals surface area contributed by atoms with Crippen molar-refractivity contribution in [2.45, 2.75) is 59.0 Å². The molecule has 1 aliphatic carbocycles. The van der Waals surface area contributed by atoms with E-state index in [1.807, 2.05) is 39.8 Å². The predicted molar refractivity (Wildman–Crippen MR) is 105 cm³/mol. The number of likely N-dealkylation sites (N-methyl/N-ethyl adjacent to an activating group) is 1. The summed E-state index contributed by atoms with van der Waals surface area (Å²) >= 11 is 0. The lowest BCUT2D eigenvalue weighted by Gasteiger charge is -2.24. The Morgan fingerprint density at radius 2 is 1.76 bits per heavy atom. The zero-order valence-electron chi connectivity index (χ0n) is 16.4. The van der Waals surface area contributed by atoms with Crippen LogP contribution >= 0.6 is 0 Å². The van der Waals surface area contributed by atoms with Gasteiger partial charge in [0.25, 0.3) is 0 Å². The number of carbonyl (C=O) groups excluding carboxylic acids is 1. The maximum absolute atomic E-state index is 12.2. The number of ether oxygens (including phenoxy) is 1. The number of anilines is 1. The molecule has 0 heterocycles. The molecule has 1 unspecified atom stereocenters. The third-order valence-corrected chi connectivity index (χ3v) is 4.52. The smallest absolute Gasteiger partial charge is 0.313 e. The summed E-state index contributed by atoms with van der Waals surface area (Å²) < 4.78 is 5.48. The summed E-state index contributed by atoms with van der Waals surface area (Å²) in [6.07, 6.45) is 6.93. The number of hydrogen-bond acceptors (Lipinski definition) is 3. The third kappa shape index (κ3) is 5.48. The van der Waals surface area contributed by atoms with Gasteiger partial charge in [0.15, 0.2) is 0 Å². The summed E-state index contributed by atoms with van der Waals surface area (Å²) in [5.74, 6) is -0.438. The van der Waals surface area contributed by atoms with Gasteiger partial charge in [-0.1, -0.05) is 29.9 Å². The highest BCUT2D eigenvalue weighted by atomic mass is 16.6. The van der Waals surface area contributed by atoms with Crippen molar-refractivity contribution in [1.29, 1.82) is 0 Å². The molecule has 1 aromatic rings. The topological polar surface area (TPSA) is 29.5 Å². The van der Waals surface area contributed by atoms with Gasteiger partial charge in [0.2, 0.25) is 0 Å². The Kier molecular flexibility index (Phi) is 6.10. The quantitative estimate of drug-likeness (QED) is 0.686. The number of carbonyl (C=O) groups is 1. The van der Waals surface area contributed by atoms with Crippen molar-refractivity contribution >= 4 is 11.7 Å². The monoisotopic (exact) mass is 341 g/mol. The highest BCUT2D eigenvalue weighted by Crippen LogP contribution is 2.25. The first-order valence-electron chi connectivity index (χ1n) is 9.07. The van der Waals surface area contributed by atoms with Gasteiger partial charge in [0, 0.05) is 19.3 Å². The van der Waals surface area contributed by atoms with E-state index in [-0.39, 0.29) is 11.9 Å². The number of esters is 1. The minimum absolute atomic E-state index is 0.179. The summed E-state index contributed by atoms with van der Waals surface area (Å²) in [7, 11) is 2.11. The Bertz CT molecular complexity index is 662. The number of rotatable bonds is 5. The lowest BCUT2D eigenvalue weighted by molar-refractivity contribution is -0.156. The molecule has 1 aliphatic rings. The molecule has 3 nitrogen and oxygen atoms in total. The fraction of sp³-hybridized carbons (Fsp3) is 0.500. The highest BCUT2D eigenvalue weighted by Gasteiger charge is 2.23. The molecule has 0 radical (unpaired) electrons. The average molecular weight is 341 g/mol. The molecular weight excluding hydrogens is 310 g/mol. The van der Waals surface area contributed by atoms with Crippen LogP contribution in [0.4, 0.5) is 5.69 Å². The largest absolute Gasteiger partial charge is 0.460 e. The first-order valence-corrected chi connectivity index (χ1v) is 9.07. The number of hydrogen-bond donors (Lipinski definition) is 0. The van der Waals surface area contributed by atoms with Crippen molar-refractivity contribution in [3.05, 3.63) is 53.1 Å². The van der Waals surface area contributed by atoms with Crippen LogP contribution in [0.3, 0.4) is 0 Å². The van der Waals surface area contributed by atoms with Crippen molar-refractivity contribution in [2.75, 3.05) is 18.5 Å². The molecule has 0 bridgehead atoms. The minimum atomic E-state index is -0.454. The van der Waals surface area contributed by atoms with E-state index in [0.717, 1.165) is 30.6 Å². The molecule has 0 fully saturated rings. The molecule has 25 heavy (non-hydrogen) atoms. The summed E-state index contributed by atoms with van der Waals surface area (Å²) in [5, 5.41) is 0. The Labute approximate surface area is 152 Å². The summed E-state index contributed by atoms with van der Waals surface area (Å²) in [5.41, 5.74) is 4.47. The van der Waals surface area contributed by atoms with Crippen LogP contribution < -0.4 is 4.90 Å². The first kappa shape index (κ1) is 19.3. The van der Waals surface area contributed by atoms with Crippen molar-refractivity contribution < 1.29 is 9.53 Å². The Hall–Kier alpha value is -2.03. The van der Waals surface area contributed by atoms with Crippen molar-refractivity contribution in [2.24, 2.45) is 0 Å². The molecule has 136 valence electrons. The van der Waals surface area contributed by atoms with Gasteiger partial charge >= 0.3 is 5.97 Å². The molecule has 2 rings (SSSR count). The second-order valence-electron chi connectivity index (χ2n) is 7.90. The second-order valence-corrected chi connectivity index (χ2v) is 7.90. The first-order chi connectivity index (χ1) is 11.7. The Morgan fingerprint density at radius 3 is 2.32 bits per heavy atom. The van der Waals surface area contributed by atoms with E-state index in [1.165, 1.54) is 11.1 Å². The molecule has 3 heteroatoms. The lowest BCUT2D eigenvalue weighted by atomic mass is 9.98. The highest BCUT2D eigenvalue weighted by molar-refractivity contribution is 5.78. The Morgan fingerprint density at radius 1 is 1.16 bits per heavy atom. The summed E-state index contributed by atoms with van der Waals surface area (Å²) in [6, 6.07) is 8.22. The third-order valence-electron chi connectivity index (χ3n) is 4.52. The van der Waals surface area contributed by atoms with Crippen LogP contribution in [0, 0.1) is 0 Å². The molecule has 0 aliphatic heterocycles. The fourth-order valence-electron chi connectivity index (χ4n) is 2.93. The van der Waals surface area contributed by atoms with E-state index in [1.54, 1.807) is 0 Å². The van der Waals surface area contributed by atoms with E-state index in [2.05, 4.69) is 43.2 Å². The van der Waals surface area contributed by atoms with E-state index in [9.17, 15) is 4.79 Å². The van der Waals surface area contributed by atoms with E-state index in [4.69, 9.17) is 4.74 Å². The molecule has 1 atom stereocenters. The molecule has 1 aromatic carbocycles. The zero-order chi connectivity index (χ0) is 18.6. The van der Waals surface area contributed by atoms with Crippen molar-refractivity contribution in [3.8, 4) is 0 Å². The van der Waals surface area contributed by atoms with Crippen LogP contribution in [0.2, 0.25) is 0 Å². The predicted octanol–water partition coefficient (Wildman–Crippen LogP) is 5.23. The maximum Gasteiger partial charge on any atom is 0.313 e. The SMILES string of the molecule is CC1=CCCC=C1CN(C)c1ccc(C(C)C(=O)OC(C)(C)C)cc1. The van der Waals surface area contributed by atoms with Gasteiger partial charge in [0.05, 0.1) is 5.92 Å². The molecule has 0 spiro atoms. The van der Waals surface area contributed by atoms with Gasteiger partial charge < -0.3 is 9.64 Å². The molecule has 0 N–H and O–H groups in total. The minimum Gasteiger partial charge on any atom is -0.460 e. The van der Waals surface area contributed by atoms with Crippen LogP contribution in [-0.4, -0.2) is 25.2 Å². The number of nitrogens with zero attached hydrogens (tertiary/aromatic N) is 1. The second kappa shape index (κ2) is 7.90. The summed E-state index contributed by atoms with van der Waals surface area (Å²) in [6.45, 7) is 10.7. The van der Waals surface area contributed by atoms with Crippen molar-refractivity contribution in [1.82, 2.24) is 0 Å². The molecule has 0 aromatic heterocycles. The van der Waals surface area contributed by atoms with Gasteiger partial charge in [0.1, 0.15) is 5.60 Å². The van der Waals surface area contributed by atoms with Crippen LogP contribution in [0.25, 0.3) is 0 Å². The van der Waals surface area contributed by atoms with Gasteiger partial charge in [-0.3, -0.25) is 4.79 Å².